The van der Waals surface area contributed by atoms with E-state index in [0.29, 0.717) is 17.2 Å². The van der Waals surface area contributed by atoms with Crippen LogP contribution in [0.3, 0.4) is 0 Å². The Bertz CT molecular complexity index is 1140. The number of amides is 2. The maximum atomic E-state index is 13.5. The van der Waals surface area contributed by atoms with Crippen molar-refractivity contribution in [3.63, 3.8) is 0 Å². The Morgan fingerprint density at radius 2 is 1.43 bits per heavy atom. The molecule has 1 N–H and O–H groups in total. The molecule has 7 heteroatoms. The lowest BCUT2D eigenvalue weighted by atomic mass is 9.98. The first-order chi connectivity index (χ1) is 16.8. The van der Waals surface area contributed by atoms with Crippen LogP contribution in [0.15, 0.2) is 72.8 Å². The van der Waals surface area contributed by atoms with Crippen LogP contribution in [0.5, 0.6) is 17.2 Å². The number of benzene rings is 3. The molecular weight excluding hydrogens is 444 g/mol. The predicted molar refractivity (Wildman–Crippen MR) is 136 cm³/mol. The van der Waals surface area contributed by atoms with Gasteiger partial charge in [-0.25, -0.2) is 0 Å². The lowest BCUT2D eigenvalue weighted by Crippen LogP contribution is -2.55. The molecule has 0 heterocycles. The van der Waals surface area contributed by atoms with Crippen LogP contribution in [-0.4, -0.2) is 43.6 Å². The molecule has 0 aromatic heterocycles. The van der Waals surface area contributed by atoms with Crippen LogP contribution >= 0.6 is 0 Å². The smallest absolute Gasteiger partial charge is 0.249 e. The largest absolute Gasteiger partial charge is 0.497 e. The van der Waals surface area contributed by atoms with Crippen molar-refractivity contribution in [2.75, 3.05) is 26.6 Å². The summed E-state index contributed by atoms with van der Waals surface area (Å²) in [6.07, 6.45) is 0.180. The van der Waals surface area contributed by atoms with Gasteiger partial charge in [0.25, 0.3) is 0 Å². The van der Waals surface area contributed by atoms with Crippen molar-refractivity contribution in [3.05, 3.63) is 83.9 Å². The van der Waals surface area contributed by atoms with Crippen LogP contribution in [0.25, 0.3) is 0 Å². The Labute approximate surface area is 206 Å². The minimum atomic E-state index is -1.17. The van der Waals surface area contributed by atoms with E-state index in [1.54, 1.807) is 51.2 Å². The first-order valence-corrected chi connectivity index (χ1v) is 11.3. The summed E-state index contributed by atoms with van der Waals surface area (Å²) >= 11 is 0. The van der Waals surface area contributed by atoms with Crippen molar-refractivity contribution in [3.8, 4) is 17.2 Å². The lowest BCUT2D eigenvalue weighted by Gasteiger charge is -2.37. The monoisotopic (exact) mass is 476 g/mol. The zero-order valence-electron chi connectivity index (χ0n) is 20.8. The van der Waals surface area contributed by atoms with Crippen molar-refractivity contribution in [1.29, 1.82) is 0 Å². The van der Waals surface area contributed by atoms with Gasteiger partial charge in [0, 0.05) is 12.6 Å². The van der Waals surface area contributed by atoms with Gasteiger partial charge in [-0.3, -0.25) is 9.59 Å². The van der Waals surface area contributed by atoms with Crippen molar-refractivity contribution >= 4 is 17.5 Å². The van der Waals surface area contributed by atoms with Crippen molar-refractivity contribution in [2.24, 2.45) is 0 Å². The zero-order chi connectivity index (χ0) is 25.4. The minimum absolute atomic E-state index is 0.158. The van der Waals surface area contributed by atoms with Gasteiger partial charge >= 0.3 is 0 Å². The molecule has 0 spiro atoms. The summed E-state index contributed by atoms with van der Waals surface area (Å²) in [6.45, 7) is 3.74. The lowest BCUT2D eigenvalue weighted by molar-refractivity contribution is -0.144. The number of nitrogens with one attached hydrogen (secondary N) is 1. The highest BCUT2D eigenvalue weighted by Gasteiger charge is 2.38. The van der Waals surface area contributed by atoms with Gasteiger partial charge in [-0.15, -0.1) is 0 Å². The Kier molecular flexibility index (Phi) is 8.36. The molecule has 0 radical (unpaired) electrons. The second-order valence-corrected chi connectivity index (χ2v) is 8.57. The molecule has 0 fully saturated rings. The maximum absolute atomic E-state index is 13.5. The highest BCUT2D eigenvalue weighted by molar-refractivity contribution is 6.01. The molecule has 0 unspecified atom stereocenters. The first kappa shape index (κ1) is 25.6. The molecule has 0 saturated carbocycles. The van der Waals surface area contributed by atoms with Crippen LogP contribution in [-0.2, 0) is 22.6 Å². The van der Waals surface area contributed by atoms with E-state index >= 15 is 0 Å². The fourth-order valence-electron chi connectivity index (χ4n) is 3.68. The molecule has 3 aromatic rings. The normalized spacial score (nSPS) is 10.9. The fraction of sp³-hybridized carbons (Fsp3) is 0.286. The molecule has 3 rings (SSSR count). The fourth-order valence-corrected chi connectivity index (χ4v) is 3.68. The first-order valence-electron chi connectivity index (χ1n) is 11.3. The van der Waals surface area contributed by atoms with Crippen LogP contribution in [0.2, 0.25) is 0 Å². The molecule has 0 saturated heterocycles. The molecule has 35 heavy (non-hydrogen) atoms. The van der Waals surface area contributed by atoms with Crippen molar-refractivity contribution in [1.82, 2.24) is 4.90 Å². The molecule has 0 aliphatic rings. The van der Waals surface area contributed by atoms with Gasteiger partial charge in [0.1, 0.15) is 22.8 Å². The average molecular weight is 477 g/mol. The number of nitrogens with zero attached hydrogens (tertiary/aromatic N) is 1. The molecule has 0 bridgehead atoms. The number of anilines is 1. The molecule has 0 aliphatic carbocycles. The third-order valence-electron chi connectivity index (χ3n) is 5.89. The topological polar surface area (TPSA) is 77.1 Å². The molecule has 7 nitrogen and oxygen atoms in total. The summed E-state index contributed by atoms with van der Waals surface area (Å²) in [5, 5.41) is 2.92. The number of rotatable bonds is 10. The Hall–Kier alpha value is -4.00. The van der Waals surface area contributed by atoms with E-state index in [-0.39, 0.29) is 24.8 Å². The summed E-state index contributed by atoms with van der Waals surface area (Å²) < 4.78 is 15.9. The summed E-state index contributed by atoms with van der Waals surface area (Å²) in [5.74, 6) is 1.30. The van der Waals surface area contributed by atoms with E-state index in [0.717, 1.165) is 16.9 Å². The van der Waals surface area contributed by atoms with Crippen molar-refractivity contribution in [2.45, 2.75) is 32.4 Å². The van der Waals surface area contributed by atoms with E-state index in [2.05, 4.69) is 5.32 Å². The summed E-state index contributed by atoms with van der Waals surface area (Å²) in [6, 6.07) is 22.1. The molecular formula is C28H32N2O5. The Morgan fingerprint density at radius 1 is 0.800 bits per heavy atom. The average Bonchev–Trinajstić information content (AvgIpc) is 2.88. The molecule has 3 aromatic carbocycles. The van der Waals surface area contributed by atoms with Gasteiger partial charge in [0.2, 0.25) is 11.8 Å². The zero-order valence-corrected chi connectivity index (χ0v) is 20.8. The number of hydrogen-bond donors (Lipinski definition) is 1. The third kappa shape index (κ3) is 6.32. The van der Waals surface area contributed by atoms with Gasteiger partial charge in [-0.1, -0.05) is 42.5 Å². The SMILES string of the molecule is COc1ccc(CN(C(=O)Cc2ccccc2)C(C)(C)C(=O)Nc2ccc(OC)cc2OC)cc1. The van der Waals surface area contributed by atoms with Gasteiger partial charge in [-0.05, 0) is 49.2 Å². The number of carbonyl (C=O) groups excluding carboxylic acids is 2. The number of carbonyl (C=O) groups is 2. The van der Waals surface area contributed by atoms with E-state index in [9.17, 15) is 9.59 Å². The number of methoxy groups -OCH3 is 3. The summed E-state index contributed by atoms with van der Waals surface area (Å²) in [7, 11) is 4.69. The standard InChI is InChI=1S/C28H32N2O5/c1-28(2,27(32)29-24-16-15-23(34-4)18-25(24)35-5)30(19-21-11-13-22(33-3)14-12-21)26(31)17-20-9-7-6-8-10-20/h6-16,18H,17,19H2,1-5H3,(H,29,32). The van der Waals surface area contributed by atoms with Crippen LogP contribution in [0, 0.1) is 0 Å². The number of ether oxygens (including phenoxy) is 3. The summed E-state index contributed by atoms with van der Waals surface area (Å²) in [5.41, 5.74) is 1.09. The Balaban J connectivity index is 1.90. The van der Waals surface area contributed by atoms with E-state index in [4.69, 9.17) is 14.2 Å². The summed E-state index contributed by atoms with van der Waals surface area (Å²) in [4.78, 5) is 28.7. The third-order valence-corrected chi connectivity index (χ3v) is 5.89. The predicted octanol–water partition coefficient (Wildman–Crippen LogP) is 4.70. The van der Waals surface area contributed by atoms with Gasteiger partial charge in [-0.2, -0.15) is 0 Å². The van der Waals surface area contributed by atoms with E-state index in [1.165, 1.54) is 7.11 Å². The second-order valence-electron chi connectivity index (χ2n) is 8.57. The molecule has 184 valence electrons. The van der Waals surface area contributed by atoms with Gasteiger partial charge in [0.05, 0.1) is 33.4 Å². The van der Waals surface area contributed by atoms with E-state index in [1.807, 2.05) is 54.6 Å². The molecule has 0 atom stereocenters. The molecule has 0 aliphatic heterocycles. The second kappa shape index (κ2) is 11.4. The van der Waals surface area contributed by atoms with Crippen LogP contribution in [0.4, 0.5) is 5.69 Å². The van der Waals surface area contributed by atoms with Crippen LogP contribution in [0.1, 0.15) is 25.0 Å². The van der Waals surface area contributed by atoms with Gasteiger partial charge in [0.15, 0.2) is 0 Å². The molecule has 2 amide bonds. The van der Waals surface area contributed by atoms with Crippen molar-refractivity contribution < 1.29 is 23.8 Å². The van der Waals surface area contributed by atoms with Gasteiger partial charge < -0.3 is 24.4 Å². The van der Waals surface area contributed by atoms with Crippen LogP contribution < -0.4 is 19.5 Å². The quantitative estimate of drug-likeness (QED) is 0.459. The highest BCUT2D eigenvalue weighted by Crippen LogP contribution is 2.31. The highest BCUT2D eigenvalue weighted by atomic mass is 16.5. The Morgan fingerprint density at radius 3 is 2.03 bits per heavy atom. The minimum Gasteiger partial charge on any atom is -0.497 e. The number of hydrogen-bond acceptors (Lipinski definition) is 5. The van der Waals surface area contributed by atoms with E-state index < -0.39 is 5.54 Å². The maximum Gasteiger partial charge on any atom is 0.249 e.